The van der Waals surface area contributed by atoms with Crippen molar-refractivity contribution in [1.29, 1.82) is 0 Å². The average molecular weight is 134 g/mol. The first-order valence-corrected chi connectivity index (χ1v) is 3.09. The third-order valence-electron chi connectivity index (χ3n) is 1.89. The zero-order valence-corrected chi connectivity index (χ0v) is 5.57. The van der Waals surface area contributed by atoms with E-state index < -0.39 is 19.5 Å². The van der Waals surface area contributed by atoms with E-state index in [9.17, 15) is 0 Å². The van der Waals surface area contributed by atoms with Gasteiger partial charge in [0, 0.05) is 20.3 Å². The first-order chi connectivity index (χ1) is 6.57. The van der Waals surface area contributed by atoms with Gasteiger partial charge < -0.3 is 10.2 Å². The zero-order valence-electron chi connectivity index (χ0n) is 11.6. The molecule has 0 aromatic rings. The Balaban J connectivity index is 3.01. The summed E-state index contributed by atoms with van der Waals surface area (Å²) in [6.45, 7) is -2.47. The average Bonchev–Trinajstić information content (AvgIpc) is 2.27. The third kappa shape index (κ3) is 1.25. The molecule has 1 atom stereocenters. The lowest BCUT2D eigenvalue weighted by Crippen LogP contribution is -2.42. The van der Waals surface area contributed by atoms with Crippen molar-refractivity contribution in [2.24, 2.45) is 0 Å². The van der Waals surface area contributed by atoms with Crippen LogP contribution in [0.15, 0.2) is 0 Å². The number of hydrogen-bond acceptors (Lipinski definition) is 2. The Morgan fingerprint density at radius 2 is 2.44 bits per heavy atom. The van der Waals surface area contributed by atoms with Crippen LogP contribution in [-0.2, 0) is 0 Å². The van der Waals surface area contributed by atoms with Crippen molar-refractivity contribution in [3.8, 4) is 0 Å². The molecule has 1 aliphatic heterocycles. The number of rotatable bonds is 1. The molecule has 0 radical (unpaired) electrons. The van der Waals surface area contributed by atoms with Crippen LogP contribution in [0, 0.1) is 0 Å². The van der Waals surface area contributed by atoms with Crippen molar-refractivity contribution in [3.05, 3.63) is 0 Å². The van der Waals surface area contributed by atoms with Crippen LogP contribution in [0.3, 0.4) is 0 Å². The lowest BCUT2D eigenvalue weighted by atomic mass is 10.0. The molecular weight excluding hydrogens is 112 g/mol. The van der Waals surface area contributed by atoms with E-state index in [1.165, 1.54) is 0 Å². The summed E-state index contributed by atoms with van der Waals surface area (Å²) in [4.78, 5) is 0.674. The van der Waals surface area contributed by atoms with Gasteiger partial charge in [-0.25, -0.2) is 0 Å². The van der Waals surface area contributed by atoms with E-state index in [-0.39, 0.29) is 0 Å². The first-order valence-electron chi connectivity index (χ1n) is 6.09. The molecule has 0 saturated carbocycles. The monoisotopic (exact) mass is 134 g/mol. The van der Waals surface area contributed by atoms with Gasteiger partial charge in [-0.2, -0.15) is 0 Å². The van der Waals surface area contributed by atoms with E-state index in [1.54, 1.807) is 6.92 Å². The number of nitrogens with one attached hydrogen (secondary N) is 1. The lowest BCUT2D eigenvalue weighted by Gasteiger charge is -2.30. The van der Waals surface area contributed by atoms with Gasteiger partial charge in [-0.05, 0) is 33.8 Å². The second-order valence-corrected chi connectivity index (χ2v) is 2.76. The van der Waals surface area contributed by atoms with Gasteiger partial charge in [-0.15, -0.1) is 0 Å². The molecule has 1 saturated heterocycles. The maximum atomic E-state index is 7.31. The summed E-state index contributed by atoms with van der Waals surface area (Å²) in [7, 11) is 0. The van der Waals surface area contributed by atoms with Crippen LogP contribution in [0.1, 0.15) is 21.6 Å². The van der Waals surface area contributed by atoms with Gasteiger partial charge in [0.15, 0.2) is 0 Å². The van der Waals surface area contributed by atoms with E-state index in [2.05, 4.69) is 5.32 Å². The molecule has 0 aliphatic carbocycles. The Bertz CT molecular complexity index is 213. The maximum Gasteiger partial charge on any atom is 0.0394 e. The van der Waals surface area contributed by atoms with Gasteiger partial charge in [-0.3, -0.25) is 0 Å². The van der Waals surface area contributed by atoms with Crippen molar-refractivity contribution in [2.75, 3.05) is 27.0 Å². The van der Waals surface area contributed by atoms with E-state index in [1.807, 2.05) is 0 Å². The number of likely N-dealkylation sites (N-methyl/N-ethyl adjacent to an activating group) is 1. The van der Waals surface area contributed by atoms with Crippen molar-refractivity contribution < 1.29 is 8.22 Å². The van der Waals surface area contributed by atoms with Crippen LogP contribution in [0.25, 0.3) is 0 Å². The van der Waals surface area contributed by atoms with Crippen molar-refractivity contribution in [2.45, 2.75) is 18.9 Å². The van der Waals surface area contributed by atoms with Crippen LogP contribution in [0.2, 0.25) is 0 Å². The quantitative estimate of drug-likeness (QED) is 0.555. The smallest absolute Gasteiger partial charge is 0.0394 e. The van der Waals surface area contributed by atoms with Crippen molar-refractivity contribution in [1.82, 2.24) is 10.2 Å². The standard InChI is InChI=1S/C7H16N2/c1-7(9(2)3)4-5-8-6-7/h8H,4-6H2,1-3H3/i2D3,3D3. The van der Waals surface area contributed by atoms with Gasteiger partial charge in [0.05, 0.1) is 0 Å². The molecule has 0 aromatic carbocycles. The zero-order chi connectivity index (χ0) is 11.9. The summed E-state index contributed by atoms with van der Waals surface area (Å²) in [5.74, 6) is 0. The van der Waals surface area contributed by atoms with Gasteiger partial charge in [0.2, 0.25) is 0 Å². The Morgan fingerprint density at radius 1 is 1.67 bits per heavy atom. The Hall–Kier alpha value is -0.0800. The topological polar surface area (TPSA) is 15.3 Å². The minimum atomic E-state index is -2.59. The highest BCUT2D eigenvalue weighted by Crippen LogP contribution is 2.18. The number of nitrogens with zero attached hydrogens (tertiary/aromatic N) is 1. The van der Waals surface area contributed by atoms with E-state index in [4.69, 9.17) is 8.22 Å². The first kappa shape index (κ1) is 2.51. The predicted molar refractivity (Wildman–Crippen MR) is 39.6 cm³/mol. The van der Waals surface area contributed by atoms with Crippen LogP contribution in [0.4, 0.5) is 0 Å². The molecule has 54 valence electrons. The molecule has 1 heterocycles. The van der Waals surface area contributed by atoms with Crippen LogP contribution in [-0.4, -0.2) is 37.5 Å². The fraction of sp³-hybridized carbons (Fsp3) is 1.00. The molecule has 1 N–H and O–H groups in total. The summed E-state index contributed by atoms with van der Waals surface area (Å²) >= 11 is 0. The Labute approximate surface area is 65.7 Å². The molecule has 0 spiro atoms. The van der Waals surface area contributed by atoms with Gasteiger partial charge in [0.25, 0.3) is 0 Å². The molecule has 1 rings (SSSR count). The summed E-state index contributed by atoms with van der Waals surface area (Å²) in [5, 5.41) is 3.00. The van der Waals surface area contributed by atoms with E-state index in [0.717, 1.165) is 0 Å². The summed E-state index contributed by atoms with van der Waals surface area (Å²) in [6, 6.07) is 0. The highest BCUT2D eigenvalue weighted by molar-refractivity contribution is 4.90. The summed E-state index contributed by atoms with van der Waals surface area (Å²) in [6.07, 6.45) is 0.532. The largest absolute Gasteiger partial charge is 0.315 e. The van der Waals surface area contributed by atoms with Crippen molar-refractivity contribution >= 4 is 0 Å². The van der Waals surface area contributed by atoms with Gasteiger partial charge in [0.1, 0.15) is 0 Å². The van der Waals surface area contributed by atoms with E-state index in [0.29, 0.717) is 24.4 Å². The highest BCUT2D eigenvalue weighted by Gasteiger charge is 2.29. The minimum Gasteiger partial charge on any atom is -0.315 e. The number of hydrogen-bond donors (Lipinski definition) is 1. The molecule has 2 heteroatoms. The fourth-order valence-electron chi connectivity index (χ4n) is 0.995. The summed E-state index contributed by atoms with van der Waals surface area (Å²) in [5.41, 5.74) is -0.823. The minimum absolute atomic E-state index is 0.393. The fourth-order valence-corrected chi connectivity index (χ4v) is 0.995. The molecule has 0 bridgehead atoms. The normalized spacial score (nSPS) is 48.7. The molecule has 0 amide bonds. The van der Waals surface area contributed by atoms with Crippen molar-refractivity contribution in [3.63, 3.8) is 0 Å². The second kappa shape index (κ2) is 2.27. The molecule has 1 aliphatic rings. The molecule has 1 unspecified atom stereocenters. The second-order valence-electron chi connectivity index (χ2n) is 2.76. The Kier molecular flexibility index (Phi) is 0.635. The lowest BCUT2D eigenvalue weighted by molar-refractivity contribution is 0.196. The highest BCUT2D eigenvalue weighted by atomic mass is 15.2. The van der Waals surface area contributed by atoms with Crippen LogP contribution < -0.4 is 5.32 Å². The van der Waals surface area contributed by atoms with E-state index >= 15 is 0 Å². The predicted octanol–water partition coefficient (Wildman–Crippen LogP) is 0.300. The SMILES string of the molecule is [2H]C([2H])([2H])N(C([2H])([2H])[2H])C1(C)CCNC1. The van der Waals surface area contributed by atoms with Gasteiger partial charge in [-0.1, -0.05) is 0 Å². The molecule has 2 nitrogen and oxygen atoms in total. The van der Waals surface area contributed by atoms with Gasteiger partial charge >= 0.3 is 0 Å². The maximum absolute atomic E-state index is 7.31. The third-order valence-corrected chi connectivity index (χ3v) is 1.89. The summed E-state index contributed by atoms with van der Waals surface area (Å²) < 4.78 is 43.8. The van der Waals surface area contributed by atoms with Crippen LogP contribution >= 0.6 is 0 Å². The molecule has 0 aromatic heterocycles. The molecule has 1 fully saturated rings. The van der Waals surface area contributed by atoms with Crippen LogP contribution in [0.5, 0.6) is 0 Å². The molecular formula is C7H16N2. The molecule has 9 heavy (non-hydrogen) atoms. The Morgan fingerprint density at radius 3 is 2.89 bits per heavy atom.